The second-order valence-corrected chi connectivity index (χ2v) is 8.17. The number of aliphatic hydroxyl groups excluding tert-OH is 1. The first kappa shape index (κ1) is 24.4. The van der Waals surface area contributed by atoms with Crippen LogP contribution in [-0.4, -0.2) is 65.2 Å². The van der Waals surface area contributed by atoms with Crippen LogP contribution in [0.15, 0.2) is 30.3 Å². The first-order chi connectivity index (χ1) is 13.3. The summed E-state index contributed by atoms with van der Waals surface area (Å²) in [7, 11) is 0. The highest BCUT2D eigenvalue weighted by Gasteiger charge is 2.37. The number of benzene rings is 1. The van der Waals surface area contributed by atoms with Gasteiger partial charge in [0.25, 0.3) is 0 Å². The average Bonchev–Trinajstić information content (AvgIpc) is 2.62. The maximum Gasteiger partial charge on any atom is 0.408 e. The molecule has 0 radical (unpaired) electrons. The van der Waals surface area contributed by atoms with Crippen LogP contribution in [0.2, 0.25) is 0 Å². The van der Waals surface area contributed by atoms with E-state index in [4.69, 9.17) is 4.74 Å². The number of rotatable bonds is 13. The number of nitrogens with one attached hydrogen (secondary N) is 1. The minimum atomic E-state index is -1.02. The van der Waals surface area contributed by atoms with E-state index in [1.165, 1.54) is 4.90 Å². The Morgan fingerprint density at radius 1 is 1.18 bits per heavy atom. The van der Waals surface area contributed by atoms with Crippen LogP contribution in [0.5, 0.6) is 0 Å². The molecule has 0 aliphatic carbocycles. The van der Waals surface area contributed by atoms with E-state index in [1.54, 1.807) is 0 Å². The summed E-state index contributed by atoms with van der Waals surface area (Å²) in [5.74, 6) is 0. The Kier molecular flexibility index (Phi) is 11.1. The number of ether oxygens (including phenoxy) is 1. The van der Waals surface area contributed by atoms with Gasteiger partial charge in [-0.15, -0.1) is 0 Å². The molecule has 0 saturated carbocycles. The molecular weight excluding hydrogens is 356 g/mol. The number of nitrogens with zero attached hydrogens (tertiary/aromatic N) is 1. The molecule has 1 aromatic rings. The van der Waals surface area contributed by atoms with Crippen LogP contribution in [0.3, 0.4) is 0 Å². The van der Waals surface area contributed by atoms with E-state index in [0.29, 0.717) is 19.6 Å². The number of hydrogen-bond donors (Lipinski definition) is 3. The van der Waals surface area contributed by atoms with Gasteiger partial charge >= 0.3 is 6.09 Å². The topological polar surface area (TPSA) is 82.0 Å². The first-order valence-electron chi connectivity index (χ1n) is 10.3. The van der Waals surface area contributed by atoms with Gasteiger partial charge in [-0.1, -0.05) is 43.7 Å². The minimum Gasteiger partial charge on any atom is -0.465 e. The van der Waals surface area contributed by atoms with Crippen molar-refractivity contribution in [2.45, 2.75) is 71.1 Å². The molecule has 1 amide bonds. The van der Waals surface area contributed by atoms with Crippen molar-refractivity contribution in [3.8, 4) is 0 Å². The van der Waals surface area contributed by atoms with Gasteiger partial charge in [0.2, 0.25) is 0 Å². The molecule has 1 aromatic carbocycles. The number of hydrogen-bond acceptors (Lipinski definition) is 4. The van der Waals surface area contributed by atoms with Crippen molar-refractivity contribution < 1.29 is 19.7 Å². The average molecular weight is 395 g/mol. The molecule has 2 atom stereocenters. The molecule has 28 heavy (non-hydrogen) atoms. The normalized spacial score (nSPS) is 13.9. The Morgan fingerprint density at radius 2 is 1.82 bits per heavy atom. The fourth-order valence-corrected chi connectivity index (χ4v) is 3.21. The molecule has 6 heteroatoms. The molecular formula is C22H38N2O4. The van der Waals surface area contributed by atoms with Gasteiger partial charge in [0.15, 0.2) is 0 Å². The number of aliphatic hydroxyl groups is 1. The third kappa shape index (κ3) is 9.04. The summed E-state index contributed by atoms with van der Waals surface area (Å²) in [5, 5.41) is 23.9. The first-order valence-corrected chi connectivity index (χ1v) is 10.3. The number of unbranched alkanes of at least 4 members (excludes halogenated alkanes) is 1. The van der Waals surface area contributed by atoms with Gasteiger partial charge in [-0.05, 0) is 52.1 Å². The second kappa shape index (κ2) is 12.8. The Bertz CT molecular complexity index is 545. The molecule has 0 saturated heterocycles. The highest BCUT2D eigenvalue weighted by Crippen LogP contribution is 2.22. The smallest absolute Gasteiger partial charge is 0.408 e. The fourth-order valence-electron chi connectivity index (χ4n) is 3.21. The molecule has 0 aromatic heterocycles. The van der Waals surface area contributed by atoms with Crippen molar-refractivity contribution in [1.29, 1.82) is 0 Å². The zero-order chi connectivity index (χ0) is 21.0. The van der Waals surface area contributed by atoms with Crippen LogP contribution in [0, 0.1) is 0 Å². The largest absolute Gasteiger partial charge is 0.465 e. The summed E-state index contributed by atoms with van der Waals surface area (Å²) in [5.41, 5.74) is 0.394. The predicted molar refractivity (Wildman–Crippen MR) is 113 cm³/mol. The molecule has 0 spiro atoms. The molecule has 0 aliphatic heterocycles. The SMILES string of the molecule is CCCCOCCCNC[C@@H](O)[C@H](Cc1ccccc1)N(C(=O)O)C(C)(C)C. The van der Waals surface area contributed by atoms with E-state index >= 15 is 0 Å². The van der Waals surface area contributed by atoms with Crippen LogP contribution >= 0.6 is 0 Å². The van der Waals surface area contributed by atoms with Crippen LogP contribution < -0.4 is 5.32 Å². The van der Waals surface area contributed by atoms with Crippen LogP contribution in [0.1, 0.15) is 52.5 Å². The summed E-state index contributed by atoms with van der Waals surface area (Å²) < 4.78 is 5.53. The molecule has 0 fully saturated rings. The summed E-state index contributed by atoms with van der Waals surface area (Å²) in [4.78, 5) is 13.3. The second-order valence-electron chi connectivity index (χ2n) is 8.17. The van der Waals surface area contributed by atoms with E-state index in [2.05, 4.69) is 12.2 Å². The van der Waals surface area contributed by atoms with Crippen molar-refractivity contribution in [3.63, 3.8) is 0 Å². The van der Waals surface area contributed by atoms with Gasteiger partial charge < -0.3 is 20.3 Å². The maximum atomic E-state index is 12.0. The summed E-state index contributed by atoms with van der Waals surface area (Å²) in [6.07, 6.45) is 1.70. The van der Waals surface area contributed by atoms with Gasteiger partial charge in [-0.3, -0.25) is 4.90 Å². The lowest BCUT2D eigenvalue weighted by Crippen LogP contribution is -2.58. The van der Waals surface area contributed by atoms with Crippen LogP contribution in [0.4, 0.5) is 4.79 Å². The van der Waals surface area contributed by atoms with Crippen LogP contribution in [0.25, 0.3) is 0 Å². The lowest BCUT2D eigenvalue weighted by Gasteiger charge is -2.42. The molecule has 0 aliphatic rings. The lowest BCUT2D eigenvalue weighted by atomic mass is 9.94. The van der Waals surface area contributed by atoms with Gasteiger partial charge in [-0.2, -0.15) is 0 Å². The number of carbonyl (C=O) groups is 1. The Morgan fingerprint density at radius 3 is 2.39 bits per heavy atom. The monoisotopic (exact) mass is 394 g/mol. The summed E-state index contributed by atoms with van der Waals surface area (Å²) >= 11 is 0. The minimum absolute atomic E-state index is 0.340. The number of carboxylic acid groups (broad SMARTS) is 1. The van der Waals surface area contributed by atoms with Crippen molar-refractivity contribution >= 4 is 6.09 Å². The highest BCUT2D eigenvalue weighted by atomic mass is 16.5. The van der Waals surface area contributed by atoms with Crippen molar-refractivity contribution in [2.75, 3.05) is 26.3 Å². The van der Waals surface area contributed by atoms with E-state index in [9.17, 15) is 15.0 Å². The Labute approximate surface area is 169 Å². The lowest BCUT2D eigenvalue weighted by molar-refractivity contribution is 0.00769. The molecule has 3 N–H and O–H groups in total. The van der Waals surface area contributed by atoms with E-state index in [-0.39, 0.29) is 0 Å². The van der Waals surface area contributed by atoms with Crippen molar-refractivity contribution in [1.82, 2.24) is 10.2 Å². The molecule has 6 nitrogen and oxygen atoms in total. The predicted octanol–water partition coefficient (Wildman–Crippen LogP) is 3.53. The zero-order valence-corrected chi connectivity index (χ0v) is 17.9. The standard InChI is InChI=1S/C22H38N2O4/c1-5-6-14-28-15-10-13-23-17-20(25)19(16-18-11-8-7-9-12-18)24(21(26)27)22(2,3)4/h7-9,11-12,19-20,23,25H,5-6,10,13-17H2,1-4H3,(H,26,27)/t19-,20+/m0/s1. The molecule has 1 rings (SSSR count). The van der Waals surface area contributed by atoms with E-state index < -0.39 is 23.8 Å². The highest BCUT2D eigenvalue weighted by molar-refractivity contribution is 5.66. The van der Waals surface area contributed by atoms with Gasteiger partial charge in [0, 0.05) is 25.3 Å². The molecule has 160 valence electrons. The summed E-state index contributed by atoms with van der Waals surface area (Å²) in [6.45, 7) is 10.2. The third-order valence-electron chi connectivity index (χ3n) is 4.63. The van der Waals surface area contributed by atoms with E-state index in [0.717, 1.165) is 38.0 Å². The van der Waals surface area contributed by atoms with Crippen molar-refractivity contribution in [3.05, 3.63) is 35.9 Å². The third-order valence-corrected chi connectivity index (χ3v) is 4.63. The van der Waals surface area contributed by atoms with Gasteiger partial charge in [-0.25, -0.2) is 4.79 Å². The zero-order valence-electron chi connectivity index (χ0n) is 17.9. The fraction of sp³-hybridized carbons (Fsp3) is 0.682. The van der Waals surface area contributed by atoms with Crippen LogP contribution in [-0.2, 0) is 11.2 Å². The Balaban J connectivity index is 2.66. The van der Waals surface area contributed by atoms with Gasteiger partial charge in [0.05, 0.1) is 12.1 Å². The van der Waals surface area contributed by atoms with Gasteiger partial charge in [0.1, 0.15) is 0 Å². The maximum absolute atomic E-state index is 12.0. The Hall–Kier alpha value is -1.63. The quantitative estimate of drug-likeness (QED) is 0.446. The molecule has 0 unspecified atom stereocenters. The van der Waals surface area contributed by atoms with Crippen molar-refractivity contribution in [2.24, 2.45) is 0 Å². The number of amides is 1. The van der Waals surface area contributed by atoms with E-state index in [1.807, 2.05) is 51.1 Å². The molecule has 0 bridgehead atoms. The molecule has 0 heterocycles. The summed E-state index contributed by atoms with van der Waals surface area (Å²) in [6, 6.07) is 9.17.